The highest BCUT2D eigenvalue weighted by atomic mass is 15.2. The second-order valence-corrected chi connectivity index (χ2v) is 7.55. The predicted octanol–water partition coefficient (Wildman–Crippen LogP) is 4.49. The average Bonchev–Trinajstić information content (AvgIpc) is 3.07. The lowest BCUT2D eigenvalue weighted by molar-refractivity contribution is 0.875. The maximum Gasteiger partial charge on any atom is 0.223 e. The van der Waals surface area contributed by atoms with Crippen LogP contribution in [0.3, 0.4) is 0 Å². The van der Waals surface area contributed by atoms with Gasteiger partial charge in [0.2, 0.25) is 5.95 Å². The molecule has 4 aromatic heterocycles. The lowest BCUT2D eigenvalue weighted by Gasteiger charge is -2.11. The smallest absolute Gasteiger partial charge is 0.223 e. The average molecular weight is 387 g/mol. The summed E-state index contributed by atoms with van der Waals surface area (Å²) in [6.45, 7) is 8.32. The van der Waals surface area contributed by atoms with Gasteiger partial charge >= 0.3 is 0 Å². The van der Waals surface area contributed by atoms with Crippen molar-refractivity contribution in [2.24, 2.45) is 0 Å². The van der Waals surface area contributed by atoms with Crippen LogP contribution in [0.4, 0.5) is 11.8 Å². The molecule has 0 unspecified atom stereocenters. The number of nitrogens with zero attached hydrogens (tertiary/aromatic N) is 5. The third-order valence-electron chi connectivity index (χ3n) is 4.34. The van der Waals surface area contributed by atoms with Crippen LogP contribution >= 0.6 is 0 Å². The standard InChI is InChI=1S/C22H25N7/c1-14(2)25-19-13-16(8-10-23-19)21-20(18-7-5-6-12-29(18)28-21)17-9-11-24-22(27-17)26-15(3)4/h5-15H,1-4H3,(H,23,25)(H,24,26,27). The third-order valence-corrected chi connectivity index (χ3v) is 4.34. The summed E-state index contributed by atoms with van der Waals surface area (Å²) in [6, 6.07) is 12.5. The minimum Gasteiger partial charge on any atom is -0.368 e. The molecule has 0 aliphatic carbocycles. The fourth-order valence-corrected chi connectivity index (χ4v) is 3.23. The van der Waals surface area contributed by atoms with Crippen molar-refractivity contribution in [3.05, 3.63) is 55.0 Å². The van der Waals surface area contributed by atoms with Gasteiger partial charge in [0.05, 0.1) is 16.8 Å². The molecule has 0 amide bonds. The Morgan fingerprint density at radius 2 is 1.69 bits per heavy atom. The molecular formula is C22H25N7. The maximum absolute atomic E-state index is 4.85. The topological polar surface area (TPSA) is 80.0 Å². The number of fused-ring (bicyclic) bond motifs is 1. The molecule has 0 radical (unpaired) electrons. The molecule has 0 spiro atoms. The molecular weight excluding hydrogens is 362 g/mol. The predicted molar refractivity (Wildman–Crippen MR) is 117 cm³/mol. The monoisotopic (exact) mass is 387 g/mol. The Morgan fingerprint density at radius 3 is 2.48 bits per heavy atom. The van der Waals surface area contributed by atoms with Gasteiger partial charge in [-0.3, -0.25) is 0 Å². The first kappa shape index (κ1) is 18.9. The van der Waals surface area contributed by atoms with Gasteiger partial charge in [0.15, 0.2) is 0 Å². The zero-order valence-electron chi connectivity index (χ0n) is 17.1. The Labute approximate surface area is 170 Å². The van der Waals surface area contributed by atoms with Gasteiger partial charge in [0.25, 0.3) is 0 Å². The molecule has 0 saturated heterocycles. The molecule has 0 fully saturated rings. The Morgan fingerprint density at radius 1 is 0.897 bits per heavy atom. The summed E-state index contributed by atoms with van der Waals surface area (Å²) in [5.74, 6) is 1.43. The number of pyridine rings is 2. The number of rotatable bonds is 6. The number of hydrogen-bond acceptors (Lipinski definition) is 6. The van der Waals surface area contributed by atoms with E-state index in [1.165, 1.54) is 0 Å². The minimum absolute atomic E-state index is 0.249. The summed E-state index contributed by atoms with van der Waals surface area (Å²) in [7, 11) is 0. The van der Waals surface area contributed by atoms with E-state index in [0.717, 1.165) is 33.8 Å². The molecule has 7 nitrogen and oxygen atoms in total. The molecule has 4 heterocycles. The summed E-state index contributed by atoms with van der Waals surface area (Å²) >= 11 is 0. The molecule has 0 bridgehead atoms. The van der Waals surface area contributed by atoms with Crippen LogP contribution < -0.4 is 10.6 Å². The first-order valence-corrected chi connectivity index (χ1v) is 9.81. The molecule has 2 N–H and O–H groups in total. The minimum atomic E-state index is 0.249. The highest BCUT2D eigenvalue weighted by Crippen LogP contribution is 2.34. The van der Waals surface area contributed by atoms with Crippen molar-refractivity contribution in [2.75, 3.05) is 10.6 Å². The van der Waals surface area contributed by atoms with Gasteiger partial charge < -0.3 is 10.6 Å². The molecule has 4 aromatic rings. The molecule has 4 rings (SSSR count). The maximum atomic E-state index is 4.85. The molecule has 29 heavy (non-hydrogen) atoms. The molecule has 0 aliphatic heterocycles. The Hall–Kier alpha value is -3.48. The Kier molecular flexibility index (Phi) is 5.12. The van der Waals surface area contributed by atoms with Gasteiger partial charge in [-0.15, -0.1) is 0 Å². The molecule has 0 aromatic carbocycles. The van der Waals surface area contributed by atoms with Crippen molar-refractivity contribution < 1.29 is 0 Å². The van der Waals surface area contributed by atoms with Crippen LogP contribution in [0.25, 0.3) is 28.0 Å². The summed E-state index contributed by atoms with van der Waals surface area (Å²) in [5.41, 5.74) is 4.64. The van der Waals surface area contributed by atoms with Gasteiger partial charge in [-0.25, -0.2) is 19.5 Å². The van der Waals surface area contributed by atoms with E-state index in [0.29, 0.717) is 12.0 Å². The largest absolute Gasteiger partial charge is 0.368 e. The molecule has 0 aliphatic rings. The van der Waals surface area contributed by atoms with E-state index in [2.05, 4.69) is 54.4 Å². The van der Waals surface area contributed by atoms with Crippen LogP contribution in [-0.2, 0) is 0 Å². The van der Waals surface area contributed by atoms with Gasteiger partial charge in [-0.05, 0) is 58.0 Å². The van der Waals surface area contributed by atoms with Gasteiger partial charge in [-0.1, -0.05) is 6.07 Å². The molecule has 148 valence electrons. The first-order chi connectivity index (χ1) is 14.0. The van der Waals surface area contributed by atoms with Crippen molar-refractivity contribution in [3.63, 3.8) is 0 Å². The van der Waals surface area contributed by atoms with E-state index >= 15 is 0 Å². The normalized spacial score (nSPS) is 11.4. The molecule has 0 saturated carbocycles. The quantitative estimate of drug-likeness (QED) is 0.507. The summed E-state index contributed by atoms with van der Waals surface area (Å²) in [4.78, 5) is 13.5. The van der Waals surface area contributed by atoms with E-state index in [9.17, 15) is 0 Å². The Balaban J connectivity index is 1.89. The summed E-state index contributed by atoms with van der Waals surface area (Å²) < 4.78 is 1.89. The van der Waals surface area contributed by atoms with Crippen molar-refractivity contribution in [2.45, 2.75) is 39.8 Å². The van der Waals surface area contributed by atoms with E-state index in [4.69, 9.17) is 10.1 Å². The van der Waals surface area contributed by atoms with E-state index in [1.54, 1.807) is 12.4 Å². The van der Waals surface area contributed by atoms with E-state index in [-0.39, 0.29) is 6.04 Å². The van der Waals surface area contributed by atoms with Gasteiger partial charge in [0.1, 0.15) is 11.5 Å². The van der Waals surface area contributed by atoms with E-state index in [1.807, 2.05) is 41.0 Å². The number of aromatic nitrogens is 5. The van der Waals surface area contributed by atoms with Crippen LogP contribution in [0.1, 0.15) is 27.7 Å². The van der Waals surface area contributed by atoms with Crippen molar-refractivity contribution in [1.29, 1.82) is 0 Å². The van der Waals surface area contributed by atoms with Crippen LogP contribution in [0.15, 0.2) is 55.0 Å². The van der Waals surface area contributed by atoms with Crippen molar-refractivity contribution >= 4 is 17.3 Å². The third kappa shape index (κ3) is 4.03. The van der Waals surface area contributed by atoms with Crippen molar-refractivity contribution in [1.82, 2.24) is 24.6 Å². The van der Waals surface area contributed by atoms with E-state index < -0.39 is 0 Å². The lowest BCUT2D eigenvalue weighted by Crippen LogP contribution is -2.12. The second kappa shape index (κ2) is 7.87. The summed E-state index contributed by atoms with van der Waals surface area (Å²) in [5, 5.41) is 11.5. The summed E-state index contributed by atoms with van der Waals surface area (Å²) in [6.07, 6.45) is 5.53. The zero-order valence-corrected chi connectivity index (χ0v) is 17.1. The Bertz CT molecular complexity index is 1130. The van der Waals surface area contributed by atoms with Gasteiger partial charge in [0, 0.05) is 36.2 Å². The van der Waals surface area contributed by atoms with Crippen LogP contribution in [0.2, 0.25) is 0 Å². The number of hydrogen-bond donors (Lipinski definition) is 2. The van der Waals surface area contributed by atoms with Crippen molar-refractivity contribution in [3.8, 4) is 22.5 Å². The highest BCUT2D eigenvalue weighted by molar-refractivity contribution is 5.91. The molecule has 0 atom stereocenters. The fourth-order valence-electron chi connectivity index (χ4n) is 3.23. The lowest BCUT2D eigenvalue weighted by atomic mass is 10.0. The SMILES string of the molecule is CC(C)Nc1cc(-c2nn3ccccc3c2-c2ccnc(NC(C)C)n2)ccn1. The van der Waals surface area contributed by atoms with Gasteiger partial charge in [-0.2, -0.15) is 5.10 Å². The molecule has 7 heteroatoms. The second-order valence-electron chi connectivity index (χ2n) is 7.55. The zero-order chi connectivity index (χ0) is 20.4. The van der Waals surface area contributed by atoms with Crippen LogP contribution in [0.5, 0.6) is 0 Å². The van der Waals surface area contributed by atoms with Crippen LogP contribution in [-0.4, -0.2) is 36.6 Å². The first-order valence-electron chi connectivity index (χ1n) is 9.81. The fraction of sp³-hybridized carbons (Fsp3) is 0.273. The van der Waals surface area contributed by atoms with Crippen LogP contribution in [0, 0.1) is 0 Å². The number of nitrogens with one attached hydrogen (secondary N) is 2. The highest BCUT2D eigenvalue weighted by Gasteiger charge is 2.18. The number of anilines is 2.